The summed E-state index contributed by atoms with van der Waals surface area (Å²) in [4.78, 5) is 41.2. The molecule has 1 aromatic heterocycles. The summed E-state index contributed by atoms with van der Waals surface area (Å²) in [5.74, 6) is -5.02. The summed E-state index contributed by atoms with van der Waals surface area (Å²) in [5.41, 5.74) is 1.05. The van der Waals surface area contributed by atoms with E-state index in [2.05, 4.69) is 0 Å². The normalized spacial score (nSPS) is 13.4. The fourth-order valence-electron chi connectivity index (χ4n) is 5.83. The maximum absolute atomic E-state index is 15.8. The van der Waals surface area contributed by atoms with Crippen molar-refractivity contribution in [2.75, 3.05) is 20.6 Å². The highest BCUT2D eigenvalue weighted by molar-refractivity contribution is 5.84. The van der Waals surface area contributed by atoms with Crippen molar-refractivity contribution in [3.05, 3.63) is 92.1 Å². The number of likely N-dealkylation sites (N-methyl/N-ethyl adjacent to an activating group) is 1. The van der Waals surface area contributed by atoms with Gasteiger partial charge >= 0.3 is 12.1 Å². The number of aryl methyl sites for hydroxylation is 3. The molecule has 45 heavy (non-hydrogen) atoms. The second-order valence-electron chi connectivity index (χ2n) is 12.6. The molecule has 6 nitrogen and oxygen atoms in total. The van der Waals surface area contributed by atoms with Crippen molar-refractivity contribution >= 4 is 11.8 Å². The van der Waals surface area contributed by atoms with Crippen molar-refractivity contribution in [1.82, 2.24) is 9.47 Å². The first-order valence-electron chi connectivity index (χ1n) is 15.0. The van der Waals surface area contributed by atoms with E-state index in [1.807, 2.05) is 39.8 Å². The lowest BCUT2D eigenvalue weighted by Gasteiger charge is -2.26. The lowest BCUT2D eigenvalue weighted by Crippen LogP contribution is -2.32. The molecule has 1 unspecified atom stereocenters. The van der Waals surface area contributed by atoms with Crippen LogP contribution in [0, 0.1) is 32.5 Å². The summed E-state index contributed by atoms with van der Waals surface area (Å²) in [6, 6.07) is 7.59. The zero-order chi connectivity index (χ0) is 33.8. The van der Waals surface area contributed by atoms with Gasteiger partial charge in [0.1, 0.15) is 5.82 Å². The van der Waals surface area contributed by atoms with Crippen molar-refractivity contribution in [2.24, 2.45) is 5.92 Å². The molecular formula is C35H42F4N2O4. The van der Waals surface area contributed by atoms with Crippen LogP contribution in [0.4, 0.5) is 17.6 Å². The molecule has 2 aromatic carbocycles. The molecule has 1 N–H and O–H groups in total. The number of carboxylic acids is 1. The minimum Gasteiger partial charge on any atom is -0.481 e. The minimum absolute atomic E-state index is 0.0590. The Labute approximate surface area is 261 Å². The average Bonchev–Trinajstić information content (AvgIpc) is 2.90. The monoisotopic (exact) mass is 630 g/mol. The summed E-state index contributed by atoms with van der Waals surface area (Å²) in [7, 11) is 3.83. The fourth-order valence-corrected chi connectivity index (χ4v) is 5.83. The molecular weight excluding hydrogens is 588 g/mol. The van der Waals surface area contributed by atoms with Crippen LogP contribution in [0.1, 0.15) is 78.5 Å². The number of ketones is 1. The summed E-state index contributed by atoms with van der Waals surface area (Å²) in [5, 5.41) is 9.75. The first-order chi connectivity index (χ1) is 20.9. The number of carboxylic acid groups (broad SMARTS) is 1. The number of aliphatic carboxylic acids is 1. The SMILES string of the molecule is Cc1cc(=O)n(C(CC(C)C)C(=O)C[C@@H](CC(=O)O)c2cc(-c3c(C)cccc3C)cc(C(F)(F)F)c2F)cc1CCN(C)C. The van der Waals surface area contributed by atoms with Crippen LogP contribution >= 0.6 is 0 Å². The van der Waals surface area contributed by atoms with Crippen molar-refractivity contribution in [3.63, 3.8) is 0 Å². The van der Waals surface area contributed by atoms with E-state index < -0.39 is 65.2 Å². The zero-order valence-electron chi connectivity index (χ0n) is 26.9. The average molecular weight is 631 g/mol. The molecule has 1 heterocycles. The lowest BCUT2D eigenvalue weighted by molar-refractivity contribution is -0.140. The van der Waals surface area contributed by atoms with Gasteiger partial charge in [-0.1, -0.05) is 32.0 Å². The number of pyridine rings is 1. The second-order valence-corrected chi connectivity index (χ2v) is 12.6. The molecule has 0 fully saturated rings. The van der Waals surface area contributed by atoms with Crippen LogP contribution in [-0.2, 0) is 22.2 Å². The smallest absolute Gasteiger partial charge is 0.419 e. The minimum atomic E-state index is -5.07. The Balaban J connectivity index is 2.18. The van der Waals surface area contributed by atoms with Gasteiger partial charge in [0.15, 0.2) is 5.78 Å². The van der Waals surface area contributed by atoms with E-state index >= 15 is 4.39 Å². The summed E-state index contributed by atoms with van der Waals surface area (Å²) < 4.78 is 59.6. The Morgan fingerprint density at radius 1 is 0.978 bits per heavy atom. The number of hydrogen-bond donors (Lipinski definition) is 1. The second kappa shape index (κ2) is 14.5. The number of carbonyl (C=O) groups is 2. The van der Waals surface area contributed by atoms with Crippen molar-refractivity contribution in [3.8, 4) is 11.1 Å². The number of Topliss-reactive ketones (excluding diaryl/α,β-unsaturated/α-hetero) is 1. The largest absolute Gasteiger partial charge is 0.481 e. The van der Waals surface area contributed by atoms with Crippen molar-refractivity contribution in [2.45, 2.75) is 78.4 Å². The number of hydrogen-bond acceptors (Lipinski definition) is 4. The molecule has 0 aliphatic rings. The van der Waals surface area contributed by atoms with Crippen molar-refractivity contribution < 1.29 is 32.3 Å². The van der Waals surface area contributed by atoms with E-state index in [0.717, 1.165) is 17.2 Å². The van der Waals surface area contributed by atoms with Gasteiger partial charge in [-0.3, -0.25) is 14.4 Å². The van der Waals surface area contributed by atoms with Gasteiger partial charge < -0.3 is 14.6 Å². The van der Waals surface area contributed by atoms with E-state index in [1.54, 1.807) is 38.2 Å². The van der Waals surface area contributed by atoms with E-state index in [0.29, 0.717) is 29.7 Å². The van der Waals surface area contributed by atoms with Crippen LogP contribution in [-0.4, -0.2) is 47.0 Å². The van der Waals surface area contributed by atoms with Crippen LogP contribution in [0.3, 0.4) is 0 Å². The maximum atomic E-state index is 15.8. The topological polar surface area (TPSA) is 79.6 Å². The van der Waals surface area contributed by atoms with Gasteiger partial charge in [-0.2, -0.15) is 13.2 Å². The molecule has 0 saturated carbocycles. The molecule has 0 spiro atoms. The highest BCUT2D eigenvalue weighted by Crippen LogP contribution is 2.41. The summed E-state index contributed by atoms with van der Waals surface area (Å²) >= 11 is 0. The molecule has 0 radical (unpaired) electrons. The van der Waals surface area contributed by atoms with Gasteiger partial charge in [0, 0.05) is 31.1 Å². The number of alkyl halides is 3. The van der Waals surface area contributed by atoms with Gasteiger partial charge in [-0.05, 0) is 105 Å². The van der Waals surface area contributed by atoms with E-state index in [4.69, 9.17) is 0 Å². The highest BCUT2D eigenvalue weighted by atomic mass is 19.4. The lowest BCUT2D eigenvalue weighted by atomic mass is 9.83. The van der Waals surface area contributed by atoms with Gasteiger partial charge in [0.2, 0.25) is 0 Å². The Kier molecular flexibility index (Phi) is 11.5. The maximum Gasteiger partial charge on any atom is 0.419 e. The predicted molar refractivity (Wildman–Crippen MR) is 167 cm³/mol. The third-order valence-electron chi connectivity index (χ3n) is 8.11. The fraction of sp³-hybridized carbons (Fsp3) is 0.457. The van der Waals surface area contributed by atoms with Crippen LogP contribution in [0.2, 0.25) is 0 Å². The Morgan fingerprint density at radius 2 is 1.60 bits per heavy atom. The molecule has 244 valence electrons. The highest BCUT2D eigenvalue weighted by Gasteiger charge is 2.38. The molecule has 0 bridgehead atoms. The molecule has 0 aliphatic carbocycles. The van der Waals surface area contributed by atoms with E-state index in [9.17, 15) is 32.7 Å². The predicted octanol–water partition coefficient (Wildman–Crippen LogP) is 7.51. The zero-order valence-corrected chi connectivity index (χ0v) is 26.9. The summed E-state index contributed by atoms with van der Waals surface area (Å²) in [6.45, 7) is 9.68. The number of halogens is 4. The van der Waals surface area contributed by atoms with Gasteiger partial charge in [0.25, 0.3) is 5.56 Å². The number of nitrogens with zero attached hydrogens (tertiary/aromatic N) is 2. The van der Waals surface area contributed by atoms with Crippen LogP contribution in [0.15, 0.2) is 47.4 Å². The molecule has 0 saturated heterocycles. The molecule has 3 aromatic rings. The van der Waals surface area contributed by atoms with Gasteiger partial charge in [0.05, 0.1) is 18.0 Å². The van der Waals surface area contributed by atoms with Crippen LogP contribution in [0.25, 0.3) is 11.1 Å². The van der Waals surface area contributed by atoms with Crippen LogP contribution in [0.5, 0.6) is 0 Å². The number of carbonyl (C=O) groups excluding carboxylic acids is 1. The number of benzene rings is 2. The standard InChI is InChI=1S/C35H42F4N2O4/c1-20(2)13-29(41-19-24(11-12-40(6)7)23(5)14-31(41)43)30(42)17-25(18-32(44)45)27-15-26(16-28(34(27)36)35(37,38)39)33-21(3)9-8-10-22(33)4/h8-10,14-16,19-20,25,29H,11-13,17-18H2,1-7H3,(H,44,45)/t25-,29?/m0/s1. The third kappa shape index (κ3) is 8.90. The third-order valence-corrected chi connectivity index (χ3v) is 8.11. The molecule has 3 rings (SSSR count). The number of rotatable bonds is 13. The molecule has 0 aliphatic heterocycles. The Hall–Kier alpha value is -3.79. The summed E-state index contributed by atoms with van der Waals surface area (Å²) in [6.07, 6.45) is -3.93. The van der Waals surface area contributed by atoms with Crippen LogP contribution < -0.4 is 5.56 Å². The Morgan fingerprint density at radius 3 is 2.13 bits per heavy atom. The quantitative estimate of drug-likeness (QED) is 0.198. The first-order valence-corrected chi connectivity index (χ1v) is 15.0. The van der Waals surface area contributed by atoms with Crippen molar-refractivity contribution in [1.29, 1.82) is 0 Å². The molecule has 0 amide bonds. The van der Waals surface area contributed by atoms with Gasteiger partial charge in [-0.15, -0.1) is 0 Å². The Bertz CT molecular complexity index is 1590. The first kappa shape index (κ1) is 35.7. The van der Waals surface area contributed by atoms with E-state index in [1.165, 1.54) is 16.7 Å². The number of aromatic nitrogens is 1. The van der Waals surface area contributed by atoms with E-state index in [-0.39, 0.29) is 17.9 Å². The molecule has 10 heteroatoms. The van der Waals surface area contributed by atoms with Gasteiger partial charge in [-0.25, -0.2) is 4.39 Å². The molecule has 2 atom stereocenters.